The van der Waals surface area contributed by atoms with Crippen LogP contribution in [0.5, 0.6) is 0 Å². The smallest absolute Gasteiger partial charge is 0.329 e. The number of methoxy groups -OCH3 is 1. The molecule has 0 spiro atoms. The molecule has 1 unspecified atom stereocenters. The van der Waals surface area contributed by atoms with Crippen molar-refractivity contribution in [3.8, 4) is 0 Å². The summed E-state index contributed by atoms with van der Waals surface area (Å²) in [7, 11) is 1.29. The molecule has 2 aromatic heterocycles. The molecule has 0 aliphatic heterocycles. The predicted molar refractivity (Wildman–Crippen MR) is 73.3 cm³/mol. The Balaban J connectivity index is 2.08. The number of pyridine rings is 1. The van der Waals surface area contributed by atoms with E-state index < -0.39 is 12.0 Å². The summed E-state index contributed by atoms with van der Waals surface area (Å²) >= 11 is 1.32. The quantitative estimate of drug-likeness (QED) is 0.638. The molecule has 0 aromatic carbocycles. The van der Waals surface area contributed by atoms with Crippen LogP contribution in [0.3, 0.4) is 0 Å². The van der Waals surface area contributed by atoms with Gasteiger partial charge < -0.3 is 10.1 Å². The fourth-order valence-corrected chi connectivity index (χ4v) is 2.56. The summed E-state index contributed by atoms with van der Waals surface area (Å²) in [5, 5.41) is 11.3. The van der Waals surface area contributed by atoms with Crippen LogP contribution in [0, 0.1) is 0 Å². The summed E-state index contributed by atoms with van der Waals surface area (Å²) in [5.41, 5.74) is 0.726. The van der Waals surface area contributed by atoms with Gasteiger partial charge in [0, 0.05) is 18.9 Å². The molecule has 7 nitrogen and oxygen atoms in total. The fourth-order valence-electron chi connectivity index (χ4n) is 1.63. The molecule has 0 bridgehead atoms. The lowest BCUT2D eigenvalue weighted by Crippen LogP contribution is -2.42. The second kappa shape index (κ2) is 6.38. The van der Waals surface area contributed by atoms with Gasteiger partial charge in [-0.15, -0.1) is 10.2 Å². The number of fused-ring (bicyclic) bond motifs is 1. The third-order valence-corrected chi connectivity index (χ3v) is 3.56. The lowest BCUT2D eigenvalue weighted by atomic mass is 10.3. The van der Waals surface area contributed by atoms with Crippen molar-refractivity contribution in [1.82, 2.24) is 19.9 Å². The van der Waals surface area contributed by atoms with Gasteiger partial charge in [-0.2, -0.15) is 0 Å². The highest BCUT2D eigenvalue weighted by Gasteiger charge is 2.21. The largest absolute Gasteiger partial charge is 0.467 e. The maximum absolute atomic E-state index is 11.6. The summed E-state index contributed by atoms with van der Waals surface area (Å²) in [6.45, 7) is 1.35. The molecule has 0 radical (unpaired) electrons. The zero-order valence-electron chi connectivity index (χ0n) is 11.1. The lowest BCUT2D eigenvalue weighted by molar-refractivity contribution is -0.144. The van der Waals surface area contributed by atoms with Crippen LogP contribution in [-0.4, -0.2) is 45.4 Å². The number of ether oxygens (including phenoxy) is 1. The Labute approximate surface area is 119 Å². The fraction of sp³-hybridized carbons (Fsp3) is 0.333. The Morgan fingerprint density at radius 2 is 2.25 bits per heavy atom. The van der Waals surface area contributed by atoms with Crippen LogP contribution in [0.2, 0.25) is 0 Å². The molecule has 1 amide bonds. The minimum absolute atomic E-state index is 0.285. The van der Waals surface area contributed by atoms with E-state index >= 15 is 0 Å². The number of amides is 1. The number of nitrogens with one attached hydrogen (secondary N) is 1. The predicted octanol–water partition coefficient (Wildman–Crippen LogP) is 0.499. The van der Waals surface area contributed by atoms with Crippen molar-refractivity contribution in [2.24, 2.45) is 0 Å². The van der Waals surface area contributed by atoms with E-state index in [4.69, 9.17) is 0 Å². The first-order valence-corrected chi connectivity index (χ1v) is 6.88. The van der Waals surface area contributed by atoms with Gasteiger partial charge in [0.15, 0.2) is 10.8 Å². The normalized spacial score (nSPS) is 12.1. The summed E-state index contributed by atoms with van der Waals surface area (Å²) in [6.07, 6.45) is 1.84. The number of hydrogen-bond donors (Lipinski definition) is 1. The molecule has 8 heteroatoms. The van der Waals surface area contributed by atoms with E-state index in [0.29, 0.717) is 10.9 Å². The summed E-state index contributed by atoms with van der Waals surface area (Å²) in [4.78, 5) is 22.7. The van der Waals surface area contributed by atoms with Crippen LogP contribution in [0.25, 0.3) is 5.65 Å². The van der Waals surface area contributed by atoms with Crippen molar-refractivity contribution in [3.05, 3.63) is 24.4 Å². The third kappa shape index (κ3) is 3.27. The van der Waals surface area contributed by atoms with Gasteiger partial charge in [-0.25, -0.2) is 4.79 Å². The number of rotatable bonds is 5. The lowest BCUT2D eigenvalue weighted by Gasteiger charge is -2.14. The number of nitrogens with zero attached hydrogens (tertiary/aromatic N) is 3. The Morgan fingerprint density at radius 3 is 2.95 bits per heavy atom. The van der Waals surface area contributed by atoms with E-state index in [9.17, 15) is 9.59 Å². The van der Waals surface area contributed by atoms with Crippen LogP contribution in [-0.2, 0) is 14.3 Å². The Bertz CT molecular complexity index is 628. The molecule has 0 aliphatic rings. The summed E-state index contributed by atoms with van der Waals surface area (Å²) < 4.78 is 6.47. The van der Waals surface area contributed by atoms with Gasteiger partial charge >= 0.3 is 5.97 Å². The van der Waals surface area contributed by atoms with Crippen LogP contribution in [0.4, 0.5) is 0 Å². The Hall–Kier alpha value is -2.09. The Kier molecular flexibility index (Phi) is 4.57. The van der Waals surface area contributed by atoms with E-state index in [1.165, 1.54) is 25.8 Å². The zero-order valence-corrected chi connectivity index (χ0v) is 11.9. The maximum atomic E-state index is 11.6. The highest BCUT2D eigenvalue weighted by atomic mass is 32.2. The first-order chi connectivity index (χ1) is 9.61. The topological polar surface area (TPSA) is 85.6 Å². The number of thioether (sulfide) groups is 1. The van der Waals surface area contributed by atoms with Crippen LogP contribution in [0.1, 0.15) is 6.92 Å². The highest BCUT2D eigenvalue weighted by Crippen LogP contribution is 2.17. The molecule has 0 saturated carbocycles. The SMILES string of the molecule is COC(=O)C(CSc1nnc2ccccn12)NC(C)=O. The van der Waals surface area contributed by atoms with Gasteiger partial charge in [0.2, 0.25) is 5.91 Å². The van der Waals surface area contributed by atoms with Crippen molar-refractivity contribution < 1.29 is 14.3 Å². The van der Waals surface area contributed by atoms with E-state index in [1.54, 1.807) is 0 Å². The average molecular weight is 294 g/mol. The molecule has 2 heterocycles. The van der Waals surface area contributed by atoms with Crippen molar-refractivity contribution in [2.75, 3.05) is 12.9 Å². The van der Waals surface area contributed by atoms with Gasteiger partial charge in [-0.1, -0.05) is 17.8 Å². The standard InChI is InChI=1S/C12H14N4O3S/c1-8(17)13-9(11(18)19-2)7-20-12-15-14-10-5-3-4-6-16(10)12/h3-6,9H,7H2,1-2H3,(H,13,17). The van der Waals surface area contributed by atoms with Gasteiger partial charge in [0.1, 0.15) is 6.04 Å². The molecule has 0 aliphatic carbocycles. The maximum Gasteiger partial charge on any atom is 0.329 e. The van der Waals surface area contributed by atoms with Gasteiger partial charge in [0.25, 0.3) is 0 Å². The molecule has 0 fully saturated rings. The van der Waals surface area contributed by atoms with Gasteiger partial charge in [-0.05, 0) is 12.1 Å². The number of hydrogen-bond acceptors (Lipinski definition) is 6. The van der Waals surface area contributed by atoms with E-state index in [-0.39, 0.29) is 5.91 Å². The van der Waals surface area contributed by atoms with Crippen LogP contribution < -0.4 is 5.32 Å². The van der Waals surface area contributed by atoms with Crippen LogP contribution >= 0.6 is 11.8 Å². The third-order valence-electron chi connectivity index (χ3n) is 2.52. The number of carbonyl (C=O) groups is 2. The van der Waals surface area contributed by atoms with Crippen molar-refractivity contribution in [3.63, 3.8) is 0 Å². The Morgan fingerprint density at radius 1 is 1.45 bits per heavy atom. The first kappa shape index (κ1) is 14.3. The molecular formula is C12H14N4O3S. The second-order valence-corrected chi connectivity index (χ2v) is 4.99. The van der Waals surface area contributed by atoms with Crippen molar-refractivity contribution in [2.45, 2.75) is 18.1 Å². The molecule has 1 N–H and O–H groups in total. The first-order valence-electron chi connectivity index (χ1n) is 5.89. The second-order valence-electron chi connectivity index (χ2n) is 4.00. The minimum atomic E-state index is -0.710. The monoisotopic (exact) mass is 294 g/mol. The molecule has 106 valence electrons. The number of aromatic nitrogens is 3. The summed E-state index contributed by atoms with van der Waals surface area (Å²) in [6, 6.07) is 4.86. The van der Waals surface area contributed by atoms with E-state index in [0.717, 1.165) is 5.65 Å². The average Bonchev–Trinajstić information content (AvgIpc) is 2.85. The van der Waals surface area contributed by atoms with E-state index in [1.807, 2.05) is 28.8 Å². The van der Waals surface area contributed by atoms with E-state index in [2.05, 4.69) is 20.3 Å². The molecule has 2 rings (SSSR count). The van der Waals surface area contributed by atoms with Crippen molar-refractivity contribution >= 4 is 29.3 Å². The summed E-state index contributed by atoms with van der Waals surface area (Å²) in [5.74, 6) is -0.448. The number of esters is 1. The molecular weight excluding hydrogens is 280 g/mol. The van der Waals surface area contributed by atoms with Gasteiger partial charge in [-0.3, -0.25) is 9.20 Å². The van der Waals surface area contributed by atoms with Crippen molar-refractivity contribution in [1.29, 1.82) is 0 Å². The van der Waals surface area contributed by atoms with Gasteiger partial charge in [0.05, 0.1) is 7.11 Å². The number of carbonyl (C=O) groups excluding carboxylic acids is 2. The highest BCUT2D eigenvalue weighted by molar-refractivity contribution is 7.99. The molecule has 2 aromatic rings. The minimum Gasteiger partial charge on any atom is -0.467 e. The molecule has 0 saturated heterocycles. The van der Waals surface area contributed by atoms with Crippen LogP contribution in [0.15, 0.2) is 29.6 Å². The molecule has 1 atom stereocenters. The molecule has 20 heavy (non-hydrogen) atoms. The zero-order chi connectivity index (χ0) is 14.5.